The molecule has 128 valence electrons. The summed E-state index contributed by atoms with van der Waals surface area (Å²) in [6, 6.07) is 0.661. The van der Waals surface area contributed by atoms with Gasteiger partial charge in [0, 0.05) is 50.1 Å². The van der Waals surface area contributed by atoms with Crippen LogP contribution in [0.4, 0.5) is 5.82 Å². The van der Waals surface area contributed by atoms with Crippen LogP contribution in [0.3, 0.4) is 0 Å². The average molecular weight is 321 g/mol. The van der Waals surface area contributed by atoms with Crippen LogP contribution in [-0.2, 0) is 0 Å². The fourth-order valence-electron chi connectivity index (χ4n) is 2.90. The monoisotopic (exact) mass is 321 g/mol. The zero-order valence-electron chi connectivity index (χ0n) is 14.4. The van der Waals surface area contributed by atoms with Crippen molar-refractivity contribution in [3.63, 3.8) is 0 Å². The lowest BCUT2D eigenvalue weighted by Gasteiger charge is -2.22. The van der Waals surface area contributed by atoms with Crippen LogP contribution < -0.4 is 15.5 Å². The number of nitrogens with one attached hydrogen (secondary N) is 2. The van der Waals surface area contributed by atoms with Gasteiger partial charge in [-0.25, -0.2) is 9.97 Å². The fraction of sp³-hybridized carbons (Fsp3) is 0.688. The van der Waals surface area contributed by atoms with E-state index < -0.39 is 0 Å². The number of aliphatic hydroxyl groups is 1. The molecular weight excluding hydrogens is 294 g/mol. The lowest BCUT2D eigenvalue weighted by Crippen LogP contribution is -2.39. The zero-order chi connectivity index (χ0) is 17.0. The maximum atomic E-state index is 11.8. The van der Waals surface area contributed by atoms with E-state index in [0.29, 0.717) is 12.1 Å². The van der Waals surface area contributed by atoms with Crippen LogP contribution in [0.25, 0.3) is 0 Å². The molecule has 1 fully saturated rings. The summed E-state index contributed by atoms with van der Waals surface area (Å²) >= 11 is 0. The van der Waals surface area contributed by atoms with Gasteiger partial charge in [-0.3, -0.25) is 4.79 Å². The summed E-state index contributed by atoms with van der Waals surface area (Å²) in [5.41, 5.74) is 1.85. The molecule has 0 saturated carbocycles. The summed E-state index contributed by atoms with van der Waals surface area (Å²) in [6.07, 6.45) is 1.77. The molecule has 3 N–H and O–H groups in total. The van der Waals surface area contributed by atoms with E-state index in [0.717, 1.165) is 43.0 Å². The molecule has 1 aromatic heterocycles. The van der Waals surface area contributed by atoms with Crippen LogP contribution in [-0.4, -0.2) is 59.8 Å². The normalized spacial score (nSPS) is 19.0. The Kier molecular flexibility index (Phi) is 5.90. The highest BCUT2D eigenvalue weighted by atomic mass is 16.3. The summed E-state index contributed by atoms with van der Waals surface area (Å²) in [6.45, 7) is 7.93. The highest BCUT2D eigenvalue weighted by Gasteiger charge is 2.27. The Balaban J connectivity index is 2.13. The number of rotatable bonds is 6. The first-order valence-corrected chi connectivity index (χ1v) is 8.15. The summed E-state index contributed by atoms with van der Waals surface area (Å²) in [4.78, 5) is 22.8. The maximum Gasteiger partial charge on any atom is 0.288 e. The van der Waals surface area contributed by atoms with Gasteiger partial charge >= 0.3 is 0 Å². The Morgan fingerprint density at radius 3 is 2.83 bits per heavy atom. The molecule has 23 heavy (non-hydrogen) atoms. The smallest absolute Gasteiger partial charge is 0.288 e. The Morgan fingerprint density at radius 2 is 2.17 bits per heavy atom. The third-order valence-electron chi connectivity index (χ3n) is 4.36. The van der Waals surface area contributed by atoms with Gasteiger partial charge in [0.2, 0.25) is 5.82 Å². The third-order valence-corrected chi connectivity index (χ3v) is 4.36. The van der Waals surface area contributed by atoms with Crippen molar-refractivity contribution in [3.8, 4) is 0 Å². The number of anilines is 1. The van der Waals surface area contributed by atoms with E-state index in [9.17, 15) is 4.79 Å². The Bertz CT molecular complexity index is 564. The number of hydrogen-bond acceptors (Lipinski definition) is 6. The van der Waals surface area contributed by atoms with Gasteiger partial charge in [-0.15, -0.1) is 0 Å². The van der Waals surface area contributed by atoms with Crippen molar-refractivity contribution in [2.24, 2.45) is 0 Å². The predicted molar refractivity (Wildman–Crippen MR) is 89.8 cm³/mol. The van der Waals surface area contributed by atoms with E-state index in [1.54, 1.807) is 7.05 Å². The Hall–Kier alpha value is -1.73. The Morgan fingerprint density at radius 1 is 1.43 bits per heavy atom. The van der Waals surface area contributed by atoms with Gasteiger partial charge in [0.1, 0.15) is 5.82 Å². The minimum absolute atomic E-state index is 0.199. The number of carbonyl (C=O) groups excluding carboxylic acids is 1. The molecule has 0 aromatic carbocycles. The summed E-state index contributed by atoms with van der Waals surface area (Å²) < 4.78 is 0. The van der Waals surface area contributed by atoms with Crippen molar-refractivity contribution < 1.29 is 9.90 Å². The Labute approximate surface area is 137 Å². The van der Waals surface area contributed by atoms with Crippen molar-refractivity contribution >= 4 is 11.7 Å². The molecule has 0 spiro atoms. The van der Waals surface area contributed by atoms with Crippen LogP contribution in [0.1, 0.15) is 41.6 Å². The van der Waals surface area contributed by atoms with E-state index in [2.05, 4.69) is 32.4 Å². The highest BCUT2D eigenvalue weighted by Crippen LogP contribution is 2.24. The van der Waals surface area contributed by atoms with Crippen molar-refractivity contribution in [2.45, 2.75) is 45.7 Å². The van der Waals surface area contributed by atoms with Gasteiger partial charge in [0.15, 0.2) is 0 Å². The first-order chi connectivity index (χ1) is 11.0. The molecule has 2 atom stereocenters. The molecular formula is C16H27N5O2. The summed E-state index contributed by atoms with van der Waals surface area (Å²) in [5, 5.41) is 15.1. The van der Waals surface area contributed by atoms with Crippen LogP contribution in [0.5, 0.6) is 0 Å². The number of aryl methyl sites for hydroxylation is 1. The molecule has 1 unspecified atom stereocenters. The molecule has 1 aliphatic rings. The van der Waals surface area contributed by atoms with E-state index in [1.165, 1.54) is 0 Å². The molecule has 1 saturated heterocycles. The van der Waals surface area contributed by atoms with Gasteiger partial charge in [-0.1, -0.05) is 0 Å². The van der Waals surface area contributed by atoms with E-state index in [-0.39, 0.29) is 18.3 Å². The van der Waals surface area contributed by atoms with E-state index in [4.69, 9.17) is 5.11 Å². The van der Waals surface area contributed by atoms with Gasteiger partial charge in [-0.2, -0.15) is 0 Å². The minimum Gasteiger partial charge on any atom is -0.396 e. The standard InChI is InChI=1S/C16H27N5O2/c1-10(6-8-22)18-13-5-7-21(9-13)15-11(2)12(3)19-14(20-15)16(23)17-4/h10,13,18,22H,5-9H2,1-4H3,(H,17,23)/t10?,13-/m1/s1. The number of carbonyl (C=O) groups is 1. The molecule has 1 aliphatic heterocycles. The van der Waals surface area contributed by atoms with Gasteiger partial charge in [-0.05, 0) is 33.6 Å². The molecule has 2 rings (SSSR count). The summed E-state index contributed by atoms with van der Waals surface area (Å²) in [5.74, 6) is 0.797. The lowest BCUT2D eigenvalue weighted by atomic mass is 10.2. The predicted octanol–water partition coefficient (Wildman–Crippen LogP) is 0.392. The largest absolute Gasteiger partial charge is 0.396 e. The number of aromatic nitrogens is 2. The second kappa shape index (κ2) is 7.70. The van der Waals surface area contributed by atoms with Gasteiger partial charge < -0.3 is 20.6 Å². The van der Waals surface area contributed by atoms with Crippen molar-refractivity contribution in [1.29, 1.82) is 0 Å². The summed E-state index contributed by atoms with van der Waals surface area (Å²) in [7, 11) is 1.58. The topological polar surface area (TPSA) is 90.4 Å². The average Bonchev–Trinajstić information content (AvgIpc) is 2.97. The fourth-order valence-corrected chi connectivity index (χ4v) is 2.90. The molecule has 1 amide bonds. The second-order valence-electron chi connectivity index (χ2n) is 6.17. The first kappa shape index (κ1) is 17.6. The molecule has 2 heterocycles. The quantitative estimate of drug-likeness (QED) is 0.702. The van der Waals surface area contributed by atoms with Crippen molar-refractivity contribution in [1.82, 2.24) is 20.6 Å². The van der Waals surface area contributed by atoms with Gasteiger partial charge in [0.25, 0.3) is 5.91 Å². The van der Waals surface area contributed by atoms with Crippen molar-refractivity contribution in [3.05, 3.63) is 17.1 Å². The van der Waals surface area contributed by atoms with Crippen LogP contribution >= 0.6 is 0 Å². The van der Waals surface area contributed by atoms with Crippen LogP contribution in [0, 0.1) is 13.8 Å². The number of amides is 1. The maximum absolute atomic E-state index is 11.8. The number of nitrogens with zero attached hydrogens (tertiary/aromatic N) is 3. The number of aliphatic hydroxyl groups excluding tert-OH is 1. The first-order valence-electron chi connectivity index (χ1n) is 8.15. The molecule has 1 aromatic rings. The second-order valence-corrected chi connectivity index (χ2v) is 6.17. The SMILES string of the molecule is CNC(=O)c1nc(C)c(C)c(N2CC[C@@H](NC(C)CCO)C2)n1. The third kappa shape index (κ3) is 4.17. The van der Waals surface area contributed by atoms with E-state index in [1.807, 2.05) is 13.8 Å². The molecule has 0 radical (unpaired) electrons. The van der Waals surface area contributed by atoms with E-state index >= 15 is 0 Å². The van der Waals surface area contributed by atoms with Gasteiger partial charge in [0.05, 0.1) is 0 Å². The molecule has 7 nitrogen and oxygen atoms in total. The highest BCUT2D eigenvalue weighted by molar-refractivity contribution is 5.90. The zero-order valence-corrected chi connectivity index (χ0v) is 14.4. The molecule has 0 bridgehead atoms. The number of hydrogen-bond donors (Lipinski definition) is 3. The lowest BCUT2D eigenvalue weighted by molar-refractivity contribution is 0.0952. The minimum atomic E-state index is -0.264. The molecule has 7 heteroatoms. The van der Waals surface area contributed by atoms with Crippen molar-refractivity contribution in [2.75, 3.05) is 31.6 Å². The van der Waals surface area contributed by atoms with Crippen LogP contribution in [0.15, 0.2) is 0 Å². The van der Waals surface area contributed by atoms with Crippen LogP contribution in [0.2, 0.25) is 0 Å². The molecule has 0 aliphatic carbocycles.